The quantitative estimate of drug-likeness (QED) is 0.858. The average molecular weight is 239 g/mol. The fourth-order valence-electron chi connectivity index (χ4n) is 2.35. The maximum Gasteiger partial charge on any atom is 0.126 e. The summed E-state index contributed by atoms with van der Waals surface area (Å²) in [6.45, 7) is 0. The molecule has 3 aliphatic carbocycles. The molecular formula is C10H11BrN2. The van der Waals surface area contributed by atoms with Crippen LogP contribution in [0.1, 0.15) is 19.3 Å². The van der Waals surface area contributed by atoms with Crippen molar-refractivity contribution in [3.05, 3.63) is 22.8 Å². The van der Waals surface area contributed by atoms with Crippen molar-refractivity contribution in [2.75, 3.05) is 5.32 Å². The van der Waals surface area contributed by atoms with E-state index in [2.05, 4.69) is 26.2 Å². The first-order valence-electron chi connectivity index (χ1n) is 4.66. The zero-order valence-corrected chi connectivity index (χ0v) is 8.84. The van der Waals surface area contributed by atoms with Crippen LogP contribution in [-0.2, 0) is 0 Å². The Morgan fingerprint density at radius 1 is 1.38 bits per heavy atom. The van der Waals surface area contributed by atoms with Crippen molar-refractivity contribution in [1.29, 1.82) is 0 Å². The highest BCUT2D eigenvalue weighted by atomic mass is 79.9. The molecule has 0 amide bonds. The van der Waals surface area contributed by atoms with Gasteiger partial charge in [0.15, 0.2) is 0 Å². The van der Waals surface area contributed by atoms with Crippen LogP contribution in [0.15, 0.2) is 22.8 Å². The summed E-state index contributed by atoms with van der Waals surface area (Å²) in [5.41, 5.74) is 0.436. The molecule has 1 N–H and O–H groups in total. The number of rotatable bonds is 2. The molecule has 4 rings (SSSR count). The second-order valence-corrected chi connectivity index (χ2v) is 5.16. The van der Waals surface area contributed by atoms with Crippen LogP contribution in [0, 0.1) is 5.92 Å². The number of nitrogens with zero attached hydrogens (tertiary/aromatic N) is 1. The summed E-state index contributed by atoms with van der Waals surface area (Å²) >= 11 is 3.38. The Morgan fingerprint density at radius 3 is 2.62 bits per heavy atom. The Kier molecular flexibility index (Phi) is 1.48. The molecule has 2 bridgehead atoms. The summed E-state index contributed by atoms with van der Waals surface area (Å²) in [5, 5.41) is 3.52. The zero-order chi connectivity index (χ0) is 8.89. The fourth-order valence-corrected chi connectivity index (χ4v) is 2.59. The fraction of sp³-hybridized carbons (Fsp3) is 0.500. The number of pyridine rings is 1. The molecule has 13 heavy (non-hydrogen) atoms. The minimum Gasteiger partial charge on any atom is -0.365 e. The third kappa shape index (κ3) is 1.17. The Morgan fingerprint density at radius 2 is 2.15 bits per heavy atom. The summed E-state index contributed by atoms with van der Waals surface area (Å²) in [4.78, 5) is 4.31. The second kappa shape index (κ2) is 2.47. The first kappa shape index (κ1) is 7.80. The van der Waals surface area contributed by atoms with Crippen molar-refractivity contribution in [2.45, 2.75) is 24.8 Å². The van der Waals surface area contributed by atoms with E-state index in [1.807, 2.05) is 18.3 Å². The van der Waals surface area contributed by atoms with Crippen molar-refractivity contribution in [2.24, 2.45) is 5.92 Å². The van der Waals surface area contributed by atoms with E-state index in [0.717, 1.165) is 16.2 Å². The van der Waals surface area contributed by atoms with E-state index in [-0.39, 0.29) is 0 Å². The van der Waals surface area contributed by atoms with Crippen LogP contribution in [0.2, 0.25) is 0 Å². The standard InChI is InChI=1S/C10H11BrN2/c11-8-1-2-9(12-6-8)13-10-3-7(4-10)5-10/h1-2,6-7H,3-5H2,(H,12,13). The maximum atomic E-state index is 4.31. The van der Waals surface area contributed by atoms with Crippen LogP contribution in [0.4, 0.5) is 5.82 Å². The van der Waals surface area contributed by atoms with Crippen molar-refractivity contribution >= 4 is 21.7 Å². The third-order valence-electron chi connectivity index (χ3n) is 3.16. The van der Waals surface area contributed by atoms with E-state index < -0.39 is 0 Å². The Balaban J connectivity index is 1.75. The number of hydrogen-bond donors (Lipinski definition) is 1. The third-order valence-corrected chi connectivity index (χ3v) is 3.63. The number of anilines is 1. The van der Waals surface area contributed by atoms with Gasteiger partial charge in [0.25, 0.3) is 0 Å². The highest BCUT2D eigenvalue weighted by Crippen LogP contribution is 2.58. The molecule has 0 unspecified atom stereocenters. The molecule has 0 spiro atoms. The van der Waals surface area contributed by atoms with Gasteiger partial charge in [0.05, 0.1) is 0 Å². The summed E-state index contributed by atoms with van der Waals surface area (Å²) in [7, 11) is 0. The minimum atomic E-state index is 0.436. The lowest BCUT2D eigenvalue weighted by Crippen LogP contribution is -2.63. The Labute approximate surface area is 85.9 Å². The van der Waals surface area contributed by atoms with Crippen molar-refractivity contribution in [1.82, 2.24) is 4.98 Å². The summed E-state index contributed by atoms with van der Waals surface area (Å²) < 4.78 is 1.04. The normalized spacial score (nSPS) is 34.7. The molecule has 68 valence electrons. The van der Waals surface area contributed by atoms with Gasteiger partial charge in [-0.2, -0.15) is 0 Å². The number of halogens is 1. The van der Waals surface area contributed by atoms with Crippen LogP contribution < -0.4 is 5.32 Å². The van der Waals surface area contributed by atoms with Crippen LogP contribution in [0.25, 0.3) is 0 Å². The first-order valence-corrected chi connectivity index (χ1v) is 5.45. The van der Waals surface area contributed by atoms with E-state index in [9.17, 15) is 0 Å². The highest BCUT2D eigenvalue weighted by molar-refractivity contribution is 9.10. The molecule has 3 aliphatic rings. The van der Waals surface area contributed by atoms with Gasteiger partial charge in [-0.05, 0) is 53.2 Å². The topological polar surface area (TPSA) is 24.9 Å². The number of nitrogens with one attached hydrogen (secondary N) is 1. The summed E-state index contributed by atoms with van der Waals surface area (Å²) in [6.07, 6.45) is 5.90. The van der Waals surface area contributed by atoms with E-state index in [0.29, 0.717) is 5.54 Å². The Bertz CT molecular complexity index is 316. The molecule has 0 atom stereocenters. The molecule has 0 radical (unpaired) electrons. The number of aromatic nitrogens is 1. The molecule has 0 aromatic carbocycles. The second-order valence-electron chi connectivity index (χ2n) is 4.25. The zero-order valence-electron chi connectivity index (χ0n) is 7.26. The smallest absolute Gasteiger partial charge is 0.126 e. The lowest BCUT2D eigenvalue weighted by atomic mass is 9.50. The maximum absolute atomic E-state index is 4.31. The van der Waals surface area contributed by atoms with Gasteiger partial charge in [-0.25, -0.2) is 4.98 Å². The predicted molar refractivity (Wildman–Crippen MR) is 55.6 cm³/mol. The van der Waals surface area contributed by atoms with Crippen LogP contribution in [0.3, 0.4) is 0 Å². The molecule has 0 aliphatic heterocycles. The average Bonchev–Trinajstić information content (AvgIpc) is 1.98. The Hall–Kier alpha value is -0.570. The monoisotopic (exact) mass is 238 g/mol. The van der Waals surface area contributed by atoms with E-state index in [1.165, 1.54) is 19.3 Å². The lowest BCUT2D eigenvalue weighted by molar-refractivity contribution is 0.00181. The lowest BCUT2D eigenvalue weighted by Gasteiger charge is -2.62. The van der Waals surface area contributed by atoms with Gasteiger partial charge >= 0.3 is 0 Å². The van der Waals surface area contributed by atoms with Gasteiger partial charge in [-0.15, -0.1) is 0 Å². The first-order chi connectivity index (χ1) is 6.26. The summed E-state index contributed by atoms with van der Waals surface area (Å²) in [6, 6.07) is 4.06. The van der Waals surface area contributed by atoms with Crippen molar-refractivity contribution < 1.29 is 0 Å². The van der Waals surface area contributed by atoms with Gasteiger partial charge < -0.3 is 5.32 Å². The molecule has 1 aromatic rings. The van der Waals surface area contributed by atoms with E-state index >= 15 is 0 Å². The van der Waals surface area contributed by atoms with Gasteiger partial charge in [0.2, 0.25) is 0 Å². The molecule has 3 heteroatoms. The van der Waals surface area contributed by atoms with E-state index in [1.54, 1.807) is 0 Å². The summed E-state index contributed by atoms with van der Waals surface area (Å²) in [5.74, 6) is 2.03. The van der Waals surface area contributed by atoms with Crippen molar-refractivity contribution in [3.8, 4) is 0 Å². The van der Waals surface area contributed by atoms with Crippen LogP contribution in [-0.4, -0.2) is 10.5 Å². The van der Waals surface area contributed by atoms with Gasteiger partial charge in [-0.3, -0.25) is 0 Å². The molecular weight excluding hydrogens is 228 g/mol. The minimum absolute atomic E-state index is 0.436. The van der Waals surface area contributed by atoms with Crippen molar-refractivity contribution in [3.63, 3.8) is 0 Å². The highest BCUT2D eigenvalue weighted by Gasteiger charge is 2.56. The molecule has 1 heterocycles. The van der Waals surface area contributed by atoms with Crippen LogP contribution in [0.5, 0.6) is 0 Å². The van der Waals surface area contributed by atoms with E-state index in [4.69, 9.17) is 0 Å². The molecule has 0 saturated heterocycles. The van der Waals surface area contributed by atoms with Crippen LogP contribution >= 0.6 is 15.9 Å². The SMILES string of the molecule is Brc1ccc(NC23CC(C2)C3)nc1. The molecule has 3 fully saturated rings. The van der Waals surface area contributed by atoms with Gasteiger partial charge in [0.1, 0.15) is 5.82 Å². The van der Waals surface area contributed by atoms with Gasteiger partial charge in [-0.1, -0.05) is 0 Å². The molecule has 3 saturated carbocycles. The number of hydrogen-bond acceptors (Lipinski definition) is 2. The predicted octanol–water partition coefficient (Wildman–Crippen LogP) is 2.81. The van der Waals surface area contributed by atoms with Gasteiger partial charge in [0, 0.05) is 16.2 Å². The largest absolute Gasteiger partial charge is 0.365 e. The molecule has 1 aromatic heterocycles. The molecule has 2 nitrogen and oxygen atoms in total.